The largest absolute Gasteiger partial charge is 0.351 e. The average molecular weight is 265 g/mol. The van der Waals surface area contributed by atoms with Crippen LogP contribution in [-0.4, -0.2) is 22.4 Å². The minimum absolute atomic E-state index is 0.0786. The monoisotopic (exact) mass is 265 g/mol. The number of fused-ring (bicyclic) bond motifs is 1. The molecule has 3 aromatic rings. The van der Waals surface area contributed by atoms with Crippen LogP contribution in [0, 0.1) is 0 Å². The molecule has 3 rings (SSSR count). The number of para-hydroxylation sites is 1. The van der Waals surface area contributed by atoms with Crippen LogP contribution in [-0.2, 0) is 6.42 Å². The van der Waals surface area contributed by atoms with Crippen molar-refractivity contribution in [2.45, 2.75) is 6.42 Å². The fraction of sp³-hybridized carbons (Fsp3) is 0.125. The van der Waals surface area contributed by atoms with Gasteiger partial charge in [0, 0.05) is 29.8 Å². The van der Waals surface area contributed by atoms with Gasteiger partial charge in [0.25, 0.3) is 5.91 Å². The van der Waals surface area contributed by atoms with Crippen molar-refractivity contribution in [3.63, 3.8) is 0 Å². The summed E-state index contributed by atoms with van der Waals surface area (Å²) in [6, 6.07) is 13.6. The van der Waals surface area contributed by atoms with Crippen molar-refractivity contribution < 1.29 is 4.79 Å². The van der Waals surface area contributed by atoms with Gasteiger partial charge in [-0.25, -0.2) is 0 Å². The second-order valence-electron chi connectivity index (χ2n) is 4.64. The molecular weight excluding hydrogens is 250 g/mol. The zero-order valence-corrected chi connectivity index (χ0v) is 11.0. The summed E-state index contributed by atoms with van der Waals surface area (Å²) in [5.74, 6) is -0.0786. The van der Waals surface area contributed by atoms with Crippen LogP contribution in [0.5, 0.6) is 0 Å². The summed E-state index contributed by atoms with van der Waals surface area (Å²) in [4.78, 5) is 19.2. The van der Waals surface area contributed by atoms with Crippen molar-refractivity contribution in [3.8, 4) is 0 Å². The highest BCUT2D eigenvalue weighted by atomic mass is 16.1. The Labute approximate surface area is 116 Å². The van der Waals surface area contributed by atoms with E-state index in [1.54, 1.807) is 6.20 Å². The van der Waals surface area contributed by atoms with Crippen molar-refractivity contribution in [1.29, 1.82) is 0 Å². The Balaban J connectivity index is 1.61. The molecule has 0 saturated carbocycles. The van der Waals surface area contributed by atoms with E-state index in [9.17, 15) is 4.79 Å². The van der Waals surface area contributed by atoms with Crippen LogP contribution in [0.4, 0.5) is 0 Å². The van der Waals surface area contributed by atoms with E-state index >= 15 is 0 Å². The van der Waals surface area contributed by atoms with Crippen LogP contribution >= 0.6 is 0 Å². The van der Waals surface area contributed by atoms with E-state index < -0.39 is 0 Å². The van der Waals surface area contributed by atoms with E-state index in [-0.39, 0.29) is 5.91 Å². The normalized spacial score (nSPS) is 10.6. The number of aromatic amines is 1. The van der Waals surface area contributed by atoms with Crippen LogP contribution in [0.15, 0.2) is 54.9 Å². The van der Waals surface area contributed by atoms with Gasteiger partial charge in [-0.2, -0.15) is 0 Å². The molecule has 2 N–H and O–H groups in total. The molecule has 2 aromatic heterocycles. The van der Waals surface area contributed by atoms with Crippen LogP contribution in [0.3, 0.4) is 0 Å². The minimum Gasteiger partial charge on any atom is -0.351 e. The fourth-order valence-corrected chi connectivity index (χ4v) is 2.16. The van der Waals surface area contributed by atoms with Gasteiger partial charge in [-0.1, -0.05) is 24.3 Å². The summed E-state index contributed by atoms with van der Waals surface area (Å²) in [5, 5.41) is 3.96. The van der Waals surface area contributed by atoms with E-state index in [0.717, 1.165) is 22.9 Å². The Hall–Kier alpha value is -2.62. The highest BCUT2D eigenvalue weighted by Crippen LogP contribution is 2.14. The maximum atomic E-state index is 12.0. The Morgan fingerprint density at radius 2 is 2.10 bits per heavy atom. The van der Waals surface area contributed by atoms with Crippen LogP contribution in [0.2, 0.25) is 0 Å². The maximum Gasteiger partial charge on any atom is 0.267 e. The molecule has 4 nitrogen and oxygen atoms in total. The molecule has 4 heteroatoms. The summed E-state index contributed by atoms with van der Waals surface area (Å²) >= 11 is 0. The zero-order valence-electron chi connectivity index (χ0n) is 11.0. The van der Waals surface area contributed by atoms with E-state index in [2.05, 4.69) is 15.3 Å². The van der Waals surface area contributed by atoms with Crippen molar-refractivity contribution in [3.05, 3.63) is 66.1 Å². The molecule has 0 aliphatic heterocycles. The van der Waals surface area contributed by atoms with Crippen molar-refractivity contribution in [2.24, 2.45) is 0 Å². The molecule has 0 spiro atoms. The molecule has 0 bridgehead atoms. The average Bonchev–Trinajstić information content (AvgIpc) is 2.92. The number of H-pyrrole nitrogens is 1. The lowest BCUT2D eigenvalue weighted by atomic mass is 10.2. The van der Waals surface area contributed by atoms with E-state index in [4.69, 9.17) is 0 Å². The Bertz CT molecular complexity index is 686. The third kappa shape index (κ3) is 2.69. The standard InChI is InChI=1S/C16H15N3O/c20-16(18-9-7-12-4-3-8-17-11-12)15-10-13-5-1-2-6-14(13)19-15/h1-6,8,10-11,19H,7,9H2,(H,18,20). The Morgan fingerprint density at radius 3 is 2.90 bits per heavy atom. The lowest BCUT2D eigenvalue weighted by Crippen LogP contribution is -2.25. The molecule has 1 amide bonds. The summed E-state index contributed by atoms with van der Waals surface area (Å²) in [7, 11) is 0. The number of aromatic nitrogens is 2. The Kier molecular flexibility index (Phi) is 3.46. The second-order valence-corrected chi connectivity index (χ2v) is 4.64. The SMILES string of the molecule is O=C(NCCc1cccnc1)c1cc2ccccc2[nH]1. The molecule has 0 saturated heterocycles. The van der Waals surface area contributed by atoms with Gasteiger partial charge in [0.05, 0.1) is 0 Å². The number of nitrogens with zero attached hydrogens (tertiary/aromatic N) is 1. The molecule has 2 heterocycles. The molecule has 0 radical (unpaired) electrons. The third-order valence-electron chi connectivity index (χ3n) is 3.20. The summed E-state index contributed by atoms with van der Waals surface area (Å²) < 4.78 is 0. The summed E-state index contributed by atoms with van der Waals surface area (Å²) in [5.41, 5.74) is 2.69. The van der Waals surface area contributed by atoms with Gasteiger partial charge in [-0.3, -0.25) is 9.78 Å². The van der Waals surface area contributed by atoms with E-state index in [0.29, 0.717) is 12.2 Å². The smallest absolute Gasteiger partial charge is 0.267 e. The number of hydrogen-bond acceptors (Lipinski definition) is 2. The number of carbonyl (C=O) groups is 1. The van der Waals surface area contributed by atoms with Crippen molar-refractivity contribution in [2.75, 3.05) is 6.54 Å². The van der Waals surface area contributed by atoms with Crippen LogP contribution in [0.25, 0.3) is 10.9 Å². The van der Waals surface area contributed by atoms with Gasteiger partial charge in [-0.05, 0) is 30.2 Å². The second kappa shape index (κ2) is 5.57. The molecule has 0 aliphatic carbocycles. The zero-order chi connectivity index (χ0) is 13.8. The first-order chi connectivity index (χ1) is 9.83. The van der Waals surface area contributed by atoms with Gasteiger partial charge >= 0.3 is 0 Å². The molecule has 1 aromatic carbocycles. The number of hydrogen-bond donors (Lipinski definition) is 2. The molecule has 100 valence electrons. The molecule has 20 heavy (non-hydrogen) atoms. The molecular formula is C16H15N3O. The quantitative estimate of drug-likeness (QED) is 0.761. The van der Waals surface area contributed by atoms with E-state index in [1.165, 1.54) is 0 Å². The third-order valence-corrected chi connectivity index (χ3v) is 3.20. The molecule has 0 fully saturated rings. The highest BCUT2D eigenvalue weighted by molar-refractivity contribution is 5.97. The summed E-state index contributed by atoms with van der Waals surface area (Å²) in [6.07, 6.45) is 4.33. The number of carbonyl (C=O) groups excluding carboxylic acids is 1. The number of nitrogens with one attached hydrogen (secondary N) is 2. The summed E-state index contributed by atoms with van der Waals surface area (Å²) in [6.45, 7) is 0.597. The maximum absolute atomic E-state index is 12.0. The first-order valence-electron chi connectivity index (χ1n) is 6.58. The van der Waals surface area contributed by atoms with Crippen molar-refractivity contribution in [1.82, 2.24) is 15.3 Å². The van der Waals surface area contributed by atoms with Gasteiger partial charge in [-0.15, -0.1) is 0 Å². The molecule has 0 atom stereocenters. The highest BCUT2D eigenvalue weighted by Gasteiger charge is 2.08. The first-order valence-corrected chi connectivity index (χ1v) is 6.58. The molecule has 0 aliphatic rings. The predicted molar refractivity (Wildman–Crippen MR) is 78.6 cm³/mol. The number of benzene rings is 1. The van der Waals surface area contributed by atoms with Gasteiger partial charge in [0.1, 0.15) is 5.69 Å². The van der Waals surface area contributed by atoms with Gasteiger partial charge in [0.2, 0.25) is 0 Å². The Morgan fingerprint density at radius 1 is 1.20 bits per heavy atom. The lowest BCUT2D eigenvalue weighted by molar-refractivity contribution is 0.0950. The fourth-order valence-electron chi connectivity index (χ4n) is 2.16. The van der Waals surface area contributed by atoms with Crippen LogP contribution < -0.4 is 5.32 Å². The number of amides is 1. The first kappa shape index (κ1) is 12.4. The topological polar surface area (TPSA) is 57.8 Å². The predicted octanol–water partition coefficient (Wildman–Crippen LogP) is 2.54. The number of rotatable bonds is 4. The minimum atomic E-state index is -0.0786. The van der Waals surface area contributed by atoms with Crippen LogP contribution in [0.1, 0.15) is 16.1 Å². The van der Waals surface area contributed by atoms with Gasteiger partial charge < -0.3 is 10.3 Å². The number of pyridine rings is 1. The van der Waals surface area contributed by atoms with Crippen molar-refractivity contribution >= 4 is 16.8 Å². The van der Waals surface area contributed by atoms with Gasteiger partial charge in [0.15, 0.2) is 0 Å². The van der Waals surface area contributed by atoms with E-state index in [1.807, 2.05) is 48.7 Å². The molecule has 0 unspecified atom stereocenters. The lowest BCUT2D eigenvalue weighted by Gasteiger charge is -2.03.